The van der Waals surface area contributed by atoms with Crippen molar-refractivity contribution in [3.05, 3.63) is 12.2 Å². The Morgan fingerprint density at radius 1 is 1.78 bits per heavy atom. The Labute approximate surface area is 55.8 Å². The molecule has 0 bridgehead atoms. The topological polar surface area (TPSA) is 17.1 Å². The van der Waals surface area contributed by atoms with E-state index in [4.69, 9.17) is 0 Å². The van der Waals surface area contributed by atoms with Crippen LogP contribution in [0.4, 0.5) is 0 Å². The molecule has 0 fully saturated rings. The number of hydrogen-bond donors (Lipinski definition) is 0. The molecule has 1 unspecified atom stereocenters. The summed E-state index contributed by atoms with van der Waals surface area (Å²) < 4.78 is 0. The normalized spacial score (nSPS) is 26.8. The van der Waals surface area contributed by atoms with Gasteiger partial charge in [-0.25, -0.2) is 0 Å². The molecule has 0 aromatic rings. The molecule has 0 N–H and O–H groups in total. The molecule has 1 atom stereocenters. The second kappa shape index (κ2) is 2.81. The van der Waals surface area contributed by atoms with Gasteiger partial charge in [0, 0.05) is 5.92 Å². The van der Waals surface area contributed by atoms with Crippen LogP contribution in [-0.4, -0.2) is 5.78 Å². The summed E-state index contributed by atoms with van der Waals surface area (Å²) in [6.45, 7) is 2.07. The number of carbonyl (C=O) groups is 1. The van der Waals surface area contributed by atoms with Gasteiger partial charge in [0.15, 0.2) is 5.78 Å². The van der Waals surface area contributed by atoms with Crippen LogP contribution in [0.15, 0.2) is 12.2 Å². The molecule has 1 nitrogen and oxygen atoms in total. The number of allylic oxidation sites excluding steroid dienone is 2. The second-order valence-electron chi connectivity index (χ2n) is 2.49. The molecule has 0 saturated heterocycles. The van der Waals surface area contributed by atoms with E-state index >= 15 is 0 Å². The van der Waals surface area contributed by atoms with Crippen LogP contribution in [0.3, 0.4) is 0 Å². The Bertz CT molecular complexity index is 136. The monoisotopic (exact) mass is 124 g/mol. The van der Waals surface area contributed by atoms with Gasteiger partial charge >= 0.3 is 0 Å². The minimum Gasteiger partial charge on any atom is -0.295 e. The van der Waals surface area contributed by atoms with Crippen LogP contribution in [-0.2, 0) is 4.79 Å². The highest BCUT2D eigenvalue weighted by atomic mass is 16.1. The van der Waals surface area contributed by atoms with Crippen LogP contribution < -0.4 is 0 Å². The van der Waals surface area contributed by atoms with Crippen molar-refractivity contribution in [3.8, 4) is 0 Å². The molecule has 9 heavy (non-hydrogen) atoms. The van der Waals surface area contributed by atoms with Crippen LogP contribution in [0.2, 0.25) is 0 Å². The molecule has 1 aliphatic rings. The largest absolute Gasteiger partial charge is 0.295 e. The maximum Gasteiger partial charge on any atom is 0.158 e. The highest BCUT2D eigenvalue weighted by Crippen LogP contribution is 2.17. The lowest BCUT2D eigenvalue weighted by Gasteiger charge is -2.12. The summed E-state index contributed by atoms with van der Waals surface area (Å²) in [6, 6.07) is 0. The zero-order chi connectivity index (χ0) is 6.69. The molecule has 0 radical (unpaired) electrons. The predicted molar refractivity (Wildman–Crippen MR) is 37.2 cm³/mol. The lowest BCUT2D eigenvalue weighted by atomic mass is 9.91. The fourth-order valence-corrected chi connectivity index (χ4v) is 1.18. The molecule has 1 heteroatoms. The molecule has 0 aliphatic heterocycles. The fourth-order valence-electron chi connectivity index (χ4n) is 1.18. The standard InChI is InChI=1S/C8H12O/c1-2-7-5-3-4-6-8(7)9/h4,6-7H,2-3,5H2,1H3. The predicted octanol–water partition coefficient (Wildman–Crippen LogP) is 1.93. The van der Waals surface area contributed by atoms with E-state index < -0.39 is 0 Å². The molecule has 0 aromatic heterocycles. The highest BCUT2D eigenvalue weighted by Gasteiger charge is 2.15. The van der Waals surface area contributed by atoms with Crippen molar-refractivity contribution < 1.29 is 4.79 Å². The van der Waals surface area contributed by atoms with Crippen LogP contribution in [0.25, 0.3) is 0 Å². The van der Waals surface area contributed by atoms with Crippen molar-refractivity contribution >= 4 is 5.78 Å². The average molecular weight is 124 g/mol. The van der Waals surface area contributed by atoms with E-state index in [9.17, 15) is 4.79 Å². The van der Waals surface area contributed by atoms with Crippen LogP contribution in [0.1, 0.15) is 26.2 Å². The Balaban J connectivity index is 2.55. The lowest BCUT2D eigenvalue weighted by Crippen LogP contribution is -2.13. The van der Waals surface area contributed by atoms with E-state index in [0.717, 1.165) is 19.3 Å². The first kappa shape index (κ1) is 6.53. The van der Waals surface area contributed by atoms with Crippen LogP contribution in [0, 0.1) is 5.92 Å². The minimum absolute atomic E-state index is 0.323. The minimum atomic E-state index is 0.323. The molecule has 50 valence electrons. The summed E-state index contributed by atoms with van der Waals surface area (Å²) in [5, 5.41) is 0. The van der Waals surface area contributed by atoms with Crippen LogP contribution in [0.5, 0.6) is 0 Å². The summed E-state index contributed by atoms with van der Waals surface area (Å²) in [4.78, 5) is 10.9. The van der Waals surface area contributed by atoms with E-state index in [1.165, 1.54) is 0 Å². The van der Waals surface area contributed by atoms with E-state index in [1.807, 2.05) is 6.08 Å². The molecule has 0 spiro atoms. The third kappa shape index (κ3) is 1.41. The van der Waals surface area contributed by atoms with Crippen molar-refractivity contribution in [2.45, 2.75) is 26.2 Å². The van der Waals surface area contributed by atoms with E-state index in [1.54, 1.807) is 6.08 Å². The summed E-state index contributed by atoms with van der Waals surface area (Å²) >= 11 is 0. The molecule has 0 heterocycles. The summed E-state index contributed by atoms with van der Waals surface area (Å²) in [6.07, 6.45) is 6.84. The van der Waals surface area contributed by atoms with Gasteiger partial charge in [0.25, 0.3) is 0 Å². The van der Waals surface area contributed by atoms with Gasteiger partial charge in [-0.3, -0.25) is 4.79 Å². The number of rotatable bonds is 1. The van der Waals surface area contributed by atoms with Crippen molar-refractivity contribution in [1.82, 2.24) is 0 Å². The first-order chi connectivity index (χ1) is 4.34. The van der Waals surface area contributed by atoms with Crippen molar-refractivity contribution in [3.63, 3.8) is 0 Å². The Kier molecular flexibility index (Phi) is 2.04. The van der Waals surface area contributed by atoms with Crippen molar-refractivity contribution in [2.75, 3.05) is 0 Å². The summed E-state index contributed by atoms with van der Waals surface area (Å²) in [5.41, 5.74) is 0. The molecule has 1 aliphatic carbocycles. The average Bonchev–Trinajstić information content (AvgIpc) is 1.89. The molecular formula is C8H12O. The number of hydrogen-bond acceptors (Lipinski definition) is 1. The first-order valence-corrected chi connectivity index (χ1v) is 3.55. The SMILES string of the molecule is CCC1CCC=CC1=O. The van der Waals surface area contributed by atoms with E-state index in [2.05, 4.69) is 6.92 Å². The molecule has 0 saturated carbocycles. The first-order valence-electron chi connectivity index (χ1n) is 3.55. The molecule has 0 aromatic carbocycles. The van der Waals surface area contributed by atoms with Gasteiger partial charge in [0.2, 0.25) is 0 Å². The van der Waals surface area contributed by atoms with Crippen molar-refractivity contribution in [1.29, 1.82) is 0 Å². The number of carbonyl (C=O) groups excluding carboxylic acids is 1. The Hall–Kier alpha value is -0.590. The maximum absolute atomic E-state index is 10.9. The zero-order valence-corrected chi connectivity index (χ0v) is 5.76. The van der Waals surface area contributed by atoms with Gasteiger partial charge < -0.3 is 0 Å². The third-order valence-electron chi connectivity index (χ3n) is 1.86. The van der Waals surface area contributed by atoms with Gasteiger partial charge in [-0.2, -0.15) is 0 Å². The van der Waals surface area contributed by atoms with Crippen molar-refractivity contribution in [2.24, 2.45) is 5.92 Å². The zero-order valence-electron chi connectivity index (χ0n) is 5.76. The van der Waals surface area contributed by atoms with E-state index in [-0.39, 0.29) is 0 Å². The summed E-state index contributed by atoms with van der Waals surface area (Å²) in [5.74, 6) is 0.652. The lowest BCUT2D eigenvalue weighted by molar-refractivity contribution is -0.118. The summed E-state index contributed by atoms with van der Waals surface area (Å²) in [7, 11) is 0. The quantitative estimate of drug-likeness (QED) is 0.522. The van der Waals surface area contributed by atoms with Gasteiger partial charge in [-0.05, 0) is 25.3 Å². The maximum atomic E-state index is 10.9. The molecule has 0 amide bonds. The van der Waals surface area contributed by atoms with Gasteiger partial charge in [0.1, 0.15) is 0 Å². The fraction of sp³-hybridized carbons (Fsp3) is 0.625. The molecule has 1 rings (SSSR count). The third-order valence-corrected chi connectivity index (χ3v) is 1.86. The van der Waals surface area contributed by atoms with Crippen LogP contribution >= 0.6 is 0 Å². The van der Waals surface area contributed by atoms with Gasteiger partial charge in [0.05, 0.1) is 0 Å². The Morgan fingerprint density at radius 2 is 2.56 bits per heavy atom. The van der Waals surface area contributed by atoms with Gasteiger partial charge in [-0.15, -0.1) is 0 Å². The Morgan fingerprint density at radius 3 is 3.00 bits per heavy atom. The smallest absolute Gasteiger partial charge is 0.158 e. The van der Waals surface area contributed by atoms with Gasteiger partial charge in [-0.1, -0.05) is 13.0 Å². The highest BCUT2D eigenvalue weighted by molar-refractivity contribution is 5.92. The number of ketones is 1. The second-order valence-corrected chi connectivity index (χ2v) is 2.49. The molecular weight excluding hydrogens is 112 g/mol. The van der Waals surface area contributed by atoms with E-state index in [0.29, 0.717) is 11.7 Å².